The molecule has 0 saturated carbocycles. The van der Waals surface area contributed by atoms with Gasteiger partial charge < -0.3 is 4.90 Å². The van der Waals surface area contributed by atoms with E-state index in [2.05, 4.69) is 4.72 Å². The van der Waals surface area contributed by atoms with E-state index in [9.17, 15) is 13.2 Å². The predicted octanol–water partition coefficient (Wildman–Crippen LogP) is 3.28. The van der Waals surface area contributed by atoms with Crippen LogP contribution in [0.1, 0.15) is 17.5 Å². The molecule has 2 aromatic carbocycles. The fourth-order valence-electron chi connectivity index (χ4n) is 2.22. The Morgan fingerprint density at radius 1 is 1.12 bits per heavy atom. The SMILES string of the molecule is CN(Cc1ccc(Cl)cc1)C(=O)CCNS(=O)(=O)/C=C/c1ccccc1. The number of nitrogens with one attached hydrogen (secondary N) is 1. The van der Waals surface area contributed by atoms with Crippen LogP contribution in [0.25, 0.3) is 6.08 Å². The van der Waals surface area contributed by atoms with Gasteiger partial charge in [-0.05, 0) is 29.3 Å². The molecule has 5 nitrogen and oxygen atoms in total. The Labute approximate surface area is 159 Å². The van der Waals surface area contributed by atoms with Crippen LogP contribution in [0.2, 0.25) is 5.02 Å². The summed E-state index contributed by atoms with van der Waals surface area (Å²) in [5, 5.41) is 1.74. The van der Waals surface area contributed by atoms with Crippen molar-refractivity contribution in [2.45, 2.75) is 13.0 Å². The fourth-order valence-corrected chi connectivity index (χ4v) is 3.17. The van der Waals surface area contributed by atoms with Crippen molar-refractivity contribution in [1.82, 2.24) is 9.62 Å². The van der Waals surface area contributed by atoms with Crippen molar-refractivity contribution in [2.24, 2.45) is 0 Å². The largest absolute Gasteiger partial charge is 0.341 e. The van der Waals surface area contributed by atoms with Crippen LogP contribution in [-0.2, 0) is 21.4 Å². The van der Waals surface area contributed by atoms with Gasteiger partial charge in [-0.3, -0.25) is 4.79 Å². The summed E-state index contributed by atoms with van der Waals surface area (Å²) in [6.07, 6.45) is 1.60. The van der Waals surface area contributed by atoms with Crippen LogP contribution in [0.4, 0.5) is 0 Å². The summed E-state index contributed by atoms with van der Waals surface area (Å²) in [5.74, 6) is -0.144. The molecule has 26 heavy (non-hydrogen) atoms. The quantitative estimate of drug-likeness (QED) is 0.749. The second kappa shape index (κ2) is 9.52. The third kappa shape index (κ3) is 7.00. The first kappa shape index (κ1) is 20.2. The first-order valence-electron chi connectivity index (χ1n) is 8.07. The Bertz CT molecular complexity index is 850. The molecule has 1 amide bonds. The first-order chi connectivity index (χ1) is 12.4. The van der Waals surface area contributed by atoms with E-state index in [4.69, 9.17) is 11.6 Å². The third-order valence-electron chi connectivity index (χ3n) is 3.64. The van der Waals surface area contributed by atoms with E-state index in [1.807, 2.05) is 30.3 Å². The molecule has 0 aliphatic rings. The minimum absolute atomic E-state index is 0.0469. The molecule has 0 atom stereocenters. The topological polar surface area (TPSA) is 66.5 Å². The minimum Gasteiger partial charge on any atom is -0.341 e. The van der Waals surface area contributed by atoms with Crippen LogP contribution in [0.3, 0.4) is 0 Å². The maximum Gasteiger partial charge on any atom is 0.233 e. The number of hydrogen-bond donors (Lipinski definition) is 1. The van der Waals surface area contributed by atoms with Gasteiger partial charge in [0, 0.05) is 37.0 Å². The summed E-state index contributed by atoms with van der Waals surface area (Å²) in [5.41, 5.74) is 1.74. The van der Waals surface area contributed by atoms with Gasteiger partial charge in [-0.2, -0.15) is 0 Å². The van der Waals surface area contributed by atoms with Gasteiger partial charge in [0.1, 0.15) is 0 Å². The van der Waals surface area contributed by atoms with Crippen LogP contribution in [-0.4, -0.2) is 32.8 Å². The normalized spacial score (nSPS) is 11.6. The minimum atomic E-state index is -3.58. The van der Waals surface area contributed by atoms with Crippen molar-refractivity contribution in [3.8, 4) is 0 Å². The van der Waals surface area contributed by atoms with Gasteiger partial charge in [0.25, 0.3) is 0 Å². The molecule has 0 heterocycles. The van der Waals surface area contributed by atoms with E-state index >= 15 is 0 Å². The second-order valence-corrected chi connectivity index (χ2v) is 7.87. The zero-order valence-electron chi connectivity index (χ0n) is 14.4. The number of halogens is 1. The standard InChI is InChI=1S/C19H21ClN2O3S/c1-22(15-17-7-9-18(20)10-8-17)19(23)11-13-21-26(24,25)14-12-16-5-3-2-4-6-16/h2-10,12,14,21H,11,13,15H2,1H3/b14-12+. The van der Waals surface area contributed by atoms with Crippen LogP contribution < -0.4 is 4.72 Å². The van der Waals surface area contributed by atoms with E-state index in [0.29, 0.717) is 11.6 Å². The number of carbonyl (C=O) groups is 1. The number of sulfonamides is 1. The predicted molar refractivity (Wildman–Crippen MR) is 105 cm³/mol. The van der Waals surface area contributed by atoms with E-state index in [1.165, 1.54) is 6.08 Å². The van der Waals surface area contributed by atoms with Crippen molar-refractivity contribution in [3.63, 3.8) is 0 Å². The highest BCUT2D eigenvalue weighted by Gasteiger charge is 2.11. The highest BCUT2D eigenvalue weighted by atomic mass is 35.5. The van der Waals surface area contributed by atoms with Gasteiger partial charge in [0.15, 0.2) is 0 Å². The van der Waals surface area contributed by atoms with Gasteiger partial charge in [-0.15, -0.1) is 0 Å². The lowest BCUT2D eigenvalue weighted by atomic mass is 10.2. The van der Waals surface area contributed by atoms with Crippen molar-refractivity contribution < 1.29 is 13.2 Å². The molecule has 7 heteroatoms. The van der Waals surface area contributed by atoms with E-state index in [0.717, 1.165) is 16.5 Å². The number of carbonyl (C=O) groups excluding carboxylic acids is 1. The molecule has 0 radical (unpaired) electrons. The fraction of sp³-hybridized carbons (Fsp3) is 0.211. The molecule has 0 aliphatic heterocycles. The smallest absolute Gasteiger partial charge is 0.233 e. The number of amides is 1. The maximum atomic E-state index is 12.1. The highest BCUT2D eigenvalue weighted by Crippen LogP contribution is 2.11. The van der Waals surface area contributed by atoms with Crippen LogP contribution in [0.5, 0.6) is 0 Å². The molecular formula is C19H21ClN2O3S. The summed E-state index contributed by atoms with van der Waals surface area (Å²) in [4.78, 5) is 13.7. The average molecular weight is 393 g/mol. The molecule has 0 bridgehead atoms. The summed E-state index contributed by atoms with van der Waals surface area (Å²) >= 11 is 5.84. The molecule has 0 spiro atoms. The lowest BCUT2D eigenvalue weighted by Crippen LogP contribution is -2.31. The van der Waals surface area contributed by atoms with E-state index in [-0.39, 0.29) is 18.9 Å². The maximum absolute atomic E-state index is 12.1. The molecule has 2 aromatic rings. The number of nitrogens with zero attached hydrogens (tertiary/aromatic N) is 1. The Kier molecular flexibility index (Phi) is 7.38. The molecule has 0 aliphatic carbocycles. The average Bonchev–Trinajstić information content (AvgIpc) is 2.62. The zero-order chi connectivity index (χ0) is 19.0. The lowest BCUT2D eigenvalue weighted by molar-refractivity contribution is -0.130. The Morgan fingerprint density at radius 2 is 1.77 bits per heavy atom. The monoisotopic (exact) mass is 392 g/mol. The molecule has 0 fully saturated rings. The lowest BCUT2D eigenvalue weighted by Gasteiger charge is -2.17. The Morgan fingerprint density at radius 3 is 2.42 bits per heavy atom. The molecule has 0 unspecified atom stereocenters. The zero-order valence-corrected chi connectivity index (χ0v) is 16.0. The van der Waals surface area contributed by atoms with Gasteiger partial charge in [0.05, 0.1) is 0 Å². The van der Waals surface area contributed by atoms with Crippen molar-refractivity contribution in [1.29, 1.82) is 0 Å². The summed E-state index contributed by atoms with van der Waals surface area (Å²) in [6, 6.07) is 16.4. The molecular weight excluding hydrogens is 372 g/mol. The molecule has 1 N–H and O–H groups in total. The molecule has 0 aromatic heterocycles. The van der Waals surface area contributed by atoms with Crippen molar-refractivity contribution in [2.75, 3.05) is 13.6 Å². The van der Waals surface area contributed by atoms with Crippen LogP contribution in [0, 0.1) is 0 Å². The van der Waals surface area contributed by atoms with Crippen molar-refractivity contribution >= 4 is 33.6 Å². The Hall–Kier alpha value is -2.15. The molecule has 0 saturated heterocycles. The summed E-state index contributed by atoms with van der Waals surface area (Å²) in [6.45, 7) is 0.488. The number of rotatable bonds is 8. The van der Waals surface area contributed by atoms with Crippen molar-refractivity contribution in [3.05, 3.63) is 76.2 Å². The second-order valence-electron chi connectivity index (χ2n) is 5.78. The molecule has 138 valence electrons. The number of hydrogen-bond acceptors (Lipinski definition) is 3. The molecule has 2 rings (SSSR count). The summed E-state index contributed by atoms with van der Waals surface area (Å²) < 4.78 is 26.3. The van der Waals surface area contributed by atoms with E-state index < -0.39 is 10.0 Å². The highest BCUT2D eigenvalue weighted by molar-refractivity contribution is 7.92. The first-order valence-corrected chi connectivity index (χ1v) is 9.99. The van der Waals surface area contributed by atoms with Gasteiger partial charge in [0.2, 0.25) is 15.9 Å². The summed E-state index contributed by atoms with van der Waals surface area (Å²) in [7, 11) is -1.90. The van der Waals surface area contributed by atoms with Gasteiger partial charge in [-0.25, -0.2) is 13.1 Å². The number of benzene rings is 2. The Balaban J connectivity index is 1.79. The van der Waals surface area contributed by atoms with Gasteiger partial charge in [-0.1, -0.05) is 54.1 Å². The van der Waals surface area contributed by atoms with Gasteiger partial charge >= 0.3 is 0 Å². The van der Waals surface area contributed by atoms with Crippen LogP contribution in [0.15, 0.2) is 60.0 Å². The third-order valence-corrected chi connectivity index (χ3v) is 4.99. The van der Waals surface area contributed by atoms with E-state index in [1.54, 1.807) is 36.2 Å². The van der Waals surface area contributed by atoms with Crippen LogP contribution >= 0.6 is 11.6 Å².